The van der Waals surface area contributed by atoms with E-state index < -0.39 is 0 Å². The van der Waals surface area contributed by atoms with E-state index in [1.807, 2.05) is 12.1 Å². The highest BCUT2D eigenvalue weighted by Gasteiger charge is 2.29. The van der Waals surface area contributed by atoms with Crippen LogP contribution in [0.1, 0.15) is 17.7 Å². The number of nitrogens with zero attached hydrogens (tertiary/aromatic N) is 4. The van der Waals surface area contributed by atoms with Crippen molar-refractivity contribution < 1.29 is 4.42 Å². The van der Waals surface area contributed by atoms with Crippen LogP contribution < -0.4 is 0 Å². The van der Waals surface area contributed by atoms with Crippen LogP contribution in [0.5, 0.6) is 0 Å². The number of allylic oxidation sites excluding steroid dienone is 1. The molecule has 0 fully saturated rings. The summed E-state index contributed by atoms with van der Waals surface area (Å²) in [4.78, 5) is 16.4. The molecule has 1 aliphatic carbocycles. The van der Waals surface area contributed by atoms with Crippen molar-refractivity contribution in [3.8, 4) is 51.0 Å². The fourth-order valence-corrected chi connectivity index (χ4v) is 9.84. The molecule has 62 heavy (non-hydrogen) atoms. The summed E-state index contributed by atoms with van der Waals surface area (Å²) in [5, 5.41) is 10.2. The number of benzene rings is 9. The SMILES string of the molecule is C1=Cc2c(n(-c3c(-c4nc(-c5ccc(-c6ccccc6)cc5)nc(-c5cccc6ccccc56)n4)c4oc5ccccc5c4c4ccccc34)c3cc4ccccc4cc23)CC1. The third-order valence-corrected chi connectivity index (χ3v) is 12.7. The van der Waals surface area contributed by atoms with Gasteiger partial charge in [0.05, 0.1) is 16.8 Å². The lowest BCUT2D eigenvalue weighted by Crippen LogP contribution is -2.08. The van der Waals surface area contributed by atoms with Crippen molar-refractivity contribution >= 4 is 71.2 Å². The molecule has 290 valence electrons. The topological polar surface area (TPSA) is 56.7 Å². The van der Waals surface area contributed by atoms with Crippen molar-refractivity contribution in [3.05, 3.63) is 199 Å². The Bertz CT molecular complexity index is 3800. The minimum absolute atomic E-state index is 0.553. The lowest BCUT2D eigenvalue weighted by Gasteiger charge is -2.20. The summed E-state index contributed by atoms with van der Waals surface area (Å²) in [6.07, 6.45) is 6.46. The number of fused-ring (bicyclic) bond motifs is 10. The van der Waals surface area contributed by atoms with E-state index in [4.69, 9.17) is 19.4 Å². The molecule has 0 spiro atoms. The molecule has 9 aromatic carbocycles. The zero-order valence-electron chi connectivity index (χ0n) is 33.6. The highest BCUT2D eigenvalue weighted by atomic mass is 16.3. The normalized spacial score (nSPS) is 12.6. The molecule has 0 bridgehead atoms. The van der Waals surface area contributed by atoms with Crippen LogP contribution >= 0.6 is 0 Å². The average molecular weight is 793 g/mol. The van der Waals surface area contributed by atoms with Gasteiger partial charge in [0.1, 0.15) is 11.2 Å². The van der Waals surface area contributed by atoms with Gasteiger partial charge in [-0.25, -0.2) is 15.0 Å². The molecule has 3 heterocycles. The second-order valence-electron chi connectivity index (χ2n) is 16.2. The van der Waals surface area contributed by atoms with Gasteiger partial charge in [-0.3, -0.25) is 0 Å². The summed E-state index contributed by atoms with van der Waals surface area (Å²) in [7, 11) is 0. The van der Waals surface area contributed by atoms with E-state index in [9.17, 15) is 0 Å². The van der Waals surface area contributed by atoms with Crippen LogP contribution in [0.3, 0.4) is 0 Å². The monoisotopic (exact) mass is 792 g/mol. The van der Waals surface area contributed by atoms with Crippen LogP contribution in [0, 0.1) is 0 Å². The number of para-hydroxylation sites is 1. The Morgan fingerprint density at radius 1 is 0.468 bits per heavy atom. The van der Waals surface area contributed by atoms with Crippen LogP contribution in [-0.4, -0.2) is 19.5 Å². The molecule has 13 rings (SSSR count). The van der Waals surface area contributed by atoms with Gasteiger partial charge in [0.25, 0.3) is 0 Å². The molecule has 0 atom stereocenters. The van der Waals surface area contributed by atoms with Gasteiger partial charge in [0, 0.05) is 43.9 Å². The van der Waals surface area contributed by atoms with E-state index in [0.29, 0.717) is 17.5 Å². The quantitative estimate of drug-likeness (QED) is 0.174. The molecule has 0 radical (unpaired) electrons. The molecule has 1 aliphatic rings. The molecule has 0 N–H and O–H groups in total. The van der Waals surface area contributed by atoms with E-state index in [-0.39, 0.29) is 0 Å². The smallest absolute Gasteiger partial charge is 0.170 e. The molecule has 0 aliphatic heterocycles. The Morgan fingerprint density at radius 3 is 1.94 bits per heavy atom. The van der Waals surface area contributed by atoms with Crippen molar-refractivity contribution in [1.29, 1.82) is 0 Å². The first-order valence-corrected chi connectivity index (χ1v) is 21.2. The van der Waals surface area contributed by atoms with E-state index in [1.165, 1.54) is 27.4 Å². The summed E-state index contributed by atoms with van der Waals surface area (Å²) in [5.74, 6) is 1.75. The summed E-state index contributed by atoms with van der Waals surface area (Å²) in [5.41, 5.74) is 11.2. The summed E-state index contributed by atoms with van der Waals surface area (Å²) < 4.78 is 9.61. The number of hydrogen-bond acceptors (Lipinski definition) is 4. The zero-order chi connectivity index (χ0) is 40.7. The molecule has 0 amide bonds. The molecule has 0 saturated carbocycles. The number of hydrogen-bond donors (Lipinski definition) is 0. The average Bonchev–Trinajstić information content (AvgIpc) is 3.88. The molecule has 3 aromatic heterocycles. The lowest BCUT2D eigenvalue weighted by molar-refractivity contribution is 0.669. The van der Waals surface area contributed by atoms with Crippen LogP contribution in [0.25, 0.3) is 122 Å². The Morgan fingerprint density at radius 2 is 1.10 bits per heavy atom. The van der Waals surface area contributed by atoms with Gasteiger partial charge in [-0.15, -0.1) is 0 Å². The van der Waals surface area contributed by atoms with Crippen LogP contribution in [-0.2, 0) is 6.42 Å². The highest BCUT2D eigenvalue weighted by Crippen LogP contribution is 2.48. The predicted octanol–water partition coefficient (Wildman–Crippen LogP) is 14.8. The lowest BCUT2D eigenvalue weighted by atomic mass is 9.96. The number of rotatable bonds is 5. The van der Waals surface area contributed by atoms with Crippen LogP contribution in [0.2, 0.25) is 0 Å². The molecule has 5 nitrogen and oxygen atoms in total. The summed E-state index contributed by atoms with van der Waals surface area (Å²) in [6, 6.07) is 64.3. The minimum atomic E-state index is 0.553. The fourth-order valence-electron chi connectivity index (χ4n) is 9.84. The standard InChI is InChI=1S/C57H36N4O/c1-2-15-35(16-3-1)36-29-31-38(32-30-36)55-58-56(45-26-14-20-37-17-6-7-21-41(37)45)60-57(59-55)52-53(44-24-9-8-23-43(44)51-46-25-11-13-28-50(46)62-54(51)52)61-48-27-12-10-22-42(48)47-33-39-18-4-5-19-40(39)34-49(47)61/h1-11,13-26,28-34H,12,27H2. The maximum Gasteiger partial charge on any atom is 0.170 e. The second-order valence-corrected chi connectivity index (χ2v) is 16.2. The third kappa shape index (κ3) is 5.31. The molecular weight excluding hydrogens is 757 g/mol. The predicted molar refractivity (Wildman–Crippen MR) is 256 cm³/mol. The fraction of sp³-hybridized carbons (Fsp3) is 0.0351. The Labute approximate surface area is 356 Å². The van der Waals surface area contributed by atoms with Crippen molar-refractivity contribution in [3.63, 3.8) is 0 Å². The van der Waals surface area contributed by atoms with Gasteiger partial charge >= 0.3 is 0 Å². The molecular formula is C57H36N4O. The van der Waals surface area contributed by atoms with Crippen molar-refractivity contribution in [1.82, 2.24) is 19.5 Å². The van der Waals surface area contributed by atoms with Gasteiger partial charge in [-0.05, 0) is 69.1 Å². The highest BCUT2D eigenvalue weighted by molar-refractivity contribution is 6.25. The minimum Gasteiger partial charge on any atom is -0.455 e. The Hall–Kier alpha value is -8.15. The Balaban J connectivity index is 1.19. The van der Waals surface area contributed by atoms with Crippen molar-refractivity contribution in [2.24, 2.45) is 0 Å². The number of furan rings is 1. The van der Waals surface area contributed by atoms with Gasteiger partial charge in [-0.1, -0.05) is 176 Å². The zero-order valence-corrected chi connectivity index (χ0v) is 33.6. The van der Waals surface area contributed by atoms with E-state index >= 15 is 0 Å². The Kier molecular flexibility index (Phi) is 7.66. The van der Waals surface area contributed by atoms with Crippen molar-refractivity contribution in [2.45, 2.75) is 12.8 Å². The first kappa shape index (κ1) is 34.7. The maximum atomic E-state index is 7.11. The van der Waals surface area contributed by atoms with Gasteiger partial charge in [0.15, 0.2) is 17.5 Å². The summed E-state index contributed by atoms with van der Waals surface area (Å²) >= 11 is 0. The molecule has 0 unspecified atom stereocenters. The van der Waals surface area contributed by atoms with Crippen LogP contribution in [0.4, 0.5) is 0 Å². The van der Waals surface area contributed by atoms with E-state index in [0.717, 1.165) is 95.3 Å². The van der Waals surface area contributed by atoms with Gasteiger partial charge in [0.2, 0.25) is 0 Å². The van der Waals surface area contributed by atoms with Crippen LogP contribution in [0.15, 0.2) is 192 Å². The first-order chi connectivity index (χ1) is 30.7. The van der Waals surface area contributed by atoms with E-state index in [2.05, 4.69) is 187 Å². The van der Waals surface area contributed by atoms with E-state index in [1.54, 1.807) is 0 Å². The van der Waals surface area contributed by atoms with Gasteiger partial charge < -0.3 is 8.98 Å². The first-order valence-electron chi connectivity index (χ1n) is 21.2. The van der Waals surface area contributed by atoms with Gasteiger partial charge in [-0.2, -0.15) is 0 Å². The third-order valence-electron chi connectivity index (χ3n) is 12.7. The largest absolute Gasteiger partial charge is 0.455 e. The second kappa shape index (κ2) is 13.7. The maximum absolute atomic E-state index is 7.11. The summed E-state index contributed by atoms with van der Waals surface area (Å²) in [6.45, 7) is 0. The molecule has 0 saturated heterocycles. The number of aromatic nitrogens is 4. The molecule has 5 heteroatoms. The molecule has 12 aromatic rings. The van der Waals surface area contributed by atoms with Crippen molar-refractivity contribution in [2.75, 3.05) is 0 Å².